The van der Waals surface area contributed by atoms with E-state index in [0.29, 0.717) is 29.0 Å². The van der Waals surface area contributed by atoms with E-state index in [0.717, 1.165) is 44.5 Å². The number of piperidine rings is 2. The minimum atomic E-state index is -0.330. The lowest BCUT2D eigenvalue weighted by Gasteiger charge is -2.37. The van der Waals surface area contributed by atoms with Gasteiger partial charge in [-0.15, -0.1) is 0 Å². The van der Waals surface area contributed by atoms with E-state index in [4.69, 9.17) is 16.0 Å². The number of halogens is 1. The summed E-state index contributed by atoms with van der Waals surface area (Å²) in [6.45, 7) is 8.26. The van der Waals surface area contributed by atoms with E-state index >= 15 is 0 Å². The zero-order valence-electron chi connectivity index (χ0n) is 16.6. The van der Waals surface area contributed by atoms with E-state index in [1.807, 2.05) is 4.90 Å². The average molecular weight is 406 g/mol. The third kappa shape index (κ3) is 3.98. The first-order valence-corrected chi connectivity index (χ1v) is 10.6. The highest BCUT2D eigenvalue weighted by Crippen LogP contribution is 2.27. The number of amides is 1. The van der Waals surface area contributed by atoms with E-state index in [9.17, 15) is 9.59 Å². The van der Waals surface area contributed by atoms with Gasteiger partial charge in [-0.25, -0.2) is 4.79 Å². The molecule has 4 rings (SSSR count). The fourth-order valence-corrected chi connectivity index (χ4v) is 5.01. The van der Waals surface area contributed by atoms with Crippen molar-refractivity contribution < 1.29 is 9.21 Å². The van der Waals surface area contributed by atoms with Crippen LogP contribution in [-0.4, -0.2) is 53.0 Å². The molecule has 2 atom stereocenters. The molecule has 2 saturated heterocycles. The van der Waals surface area contributed by atoms with Gasteiger partial charge >= 0.3 is 5.76 Å². The number of hydrogen-bond acceptors (Lipinski definition) is 4. The normalized spacial score (nSPS) is 24.8. The van der Waals surface area contributed by atoms with Crippen molar-refractivity contribution in [1.29, 1.82) is 0 Å². The van der Waals surface area contributed by atoms with Crippen LogP contribution < -0.4 is 5.76 Å². The monoisotopic (exact) mass is 405 g/mol. The van der Waals surface area contributed by atoms with Gasteiger partial charge in [-0.05, 0) is 49.3 Å². The van der Waals surface area contributed by atoms with Crippen molar-refractivity contribution in [2.45, 2.75) is 39.2 Å². The van der Waals surface area contributed by atoms with E-state index in [2.05, 4.69) is 18.7 Å². The van der Waals surface area contributed by atoms with Gasteiger partial charge in [-0.2, -0.15) is 0 Å². The van der Waals surface area contributed by atoms with Crippen LogP contribution in [0.2, 0.25) is 5.02 Å². The number of likely N-dealkylation sites (tertiary alicyclic amines) is 2. The van der Waals surface area contributed by atoms with Crippen LogP contribution in [0.4, 0.5) is 0 Å². The molecular formula is C21H28ClN3O3. The quantitative estimate of drug-likeness (QED) is 0.785. The number of nitrogens with zero attached hydrogens (tertiary/aromatic N) is 3. The summed E-state index contributed by atoms with van der Waals surface area (Å²) < 4.78 is 7.10. The molecule has 2 aromatic rings. The van der Waals surface area contributed by atoms with Gasteiger partial charge in [-0.3, -0.25) is 14.3 Å². The Kier molecular flexibility index (Phi) is 5.52. The molecule has 0 spiro atoms. The molecule has 1 aromatic heterocycles. The van der Waals surface area contributed by atoms with Crippen LogP contribution in [0, 0.1) is 11.8 Å². The van der Waals surface area contributed by atoms with Gasteiger partial charge in [0.1, 0.15) is 0 Å². The predicted molar refractivity (Wildman–Crippen MR) is 110 cm³/mol. The van der Waals surface area contributed by atoms with Gasteiger partial charge in [0.15, 0.2) is 5.58 Å². The largest absolute Gasteiger partial charge is 0.420 e. The van der Waals surface area contributed by atoms with Crippen LogP contribution in [0.3, 0.4) is 0 Å². The van der Waals surface area contributed by atoms with Crippen molar-refractivity contribution in [1.82, 2.24) is 14.4 Å². The van der Waals surface area contributed by atoms with E-state index in [-0.39, 0.29) is 17.7 Å². The highest BCUT2D eigenvalue weighted by atomic mass is 35.5. The number of carbonyl (C=O) groups excluding carboxylic acids is 1. The standard InChI is InChI=1S/C21H28ClN3O3/c1-14-9-15(2)12-24(11-14)20(26)13-23-7-5-17(6-8-23)25-18-10-16(22)3-4-19(18)28-21(25)27/h3-4,10,14-15,17H,5-9,11-13H2,1-2H3. The fourth-order valence-electron chi connectivity index (χ4n) is 4.85. The van der Waals surface area contributed by atoms with Crippen molar-refractivity contribution in [2.75, 3.05) is 32.7 Å². The van der Waals surface area contributed by atoms with Gasteiger partial charge in [0.2, 0.25) is 5.91 Å². The summed E-state index contributed by atoms with van der Waals surface area (Å²) in [5.41, 5.74) is 1.32. The molecule has 2 fully saturated rings. The lowest BCUT2D eigenvalue weighted by atomic mass is 9.92. The van der Waals surface area contributed by atoms with Crippen molar-refractivity contribution in [3.05, 3.63) is 33.8 Å². The lowest BCUT2D eigenvalue weighted by molar-refractivity contribution is -0.135. The molecular weight excluding hydrogens is 378 g/mol. The Bertz CT molecular complexity index is 903. The molecule has 0 saturated carbocycles. The maximum Gasteiger partial charge on any atom is 0.420 e. The third-order valence-corrected chi connectivity index (χ3v) is 6.31. The first-order chi connectivity index (χ1) is 13.4. The minimum absolute atomic E-state index is 0.0774. The minimum Gasteiger partial charge on any atom is -0.408 e. The Morgan fingerprint density at radius 3 is 2.54 bits per heavy atom. The zero-order valence-corrected chi connectivity index (χ0v) is 17.3. The van der Waals surface area contributed by atoms with Crippen molar-refractivity contribution in [3.8, 4) is 0 Å². The molecule has 3 heterocycles. The summed E-state index contributed by atoms with van der Waals surface area (Å²) >= 11 is 6.11. The SMILES string of the molecule is CC1CC(C)CN(C(=O)CN2CCC(n3c(=O)oc4ccc(Cl)cc43)CC2)C1. The number of rotatable bonds is 3. The van der Waals surface area contributed by atoms with E-state index in [1.165, 1.54) is 6.42 Å². The van der Waals surface area contributed by atoms with Crippen LogP contribution >= 0.6 is 11.6 Å². The Morgan fingerprint density at radius 2 is 1.86 bits per heavy atom. The molecule has 0 N–H and O–H groups in total. The third-order valence-electron chi connectivity index (χ3n) is 6.08. The second-order valence-corrected chi connectivity index (χ2v) is 9.04. The summed E-state index contributed by atoms with van der Waals surface area (Å²) in [5.74, 6) is 1.05. The second-order valence-electron chi connectivity index (χ2n) is 8.60. The van der Waals surface area contributed by atoms with Crippen LogP contribution in [0.15, 0.2) is 27.4 Å². The molecule has 1 aromatic carbocycles. The summed E-state index contributed by atoms with van der Waals surface area (Å²) in [6.07, 6.45) is 2.84. The number of benzene rings is 1. The summed E-state index contributed by atoms with van der Waals surface area (Å²) in [7, 11) is 0. The molecule has 2 aliphatic rings. The van der Waals surface area contributed by atoms with Crippen molar-refractivity contribution >= 4 is 28.6 Å². The van der Waals surface area contributed by atoms with E-state index in [1.54, 1.807) is 22.8 Å². The van der Waals surface area contributed by atoms with Gasteiger partial charge in [0.25, 0.3) is 0 Å². The molecule has 0 aliphatic carbocycles. The number of fused-ring (bicyclic) bond motifs is 1. The Hall–Kier alpha value is -1.79. The molecule has 2 unspecified atom stereocenters. The molecule has 152 valence electrons. The molecule has 28 heavy (non-hydrogen) atoms. The fraction of sp³-hybridized carbons (Fsp3) is 0.619. The van der Waals surface area contributed by atoms with Gasteiger partial charge < -0.3 is 9.32 Å². The first-order valence-electron chi connectivity index (χ1n) is 10.2. The van der Waals surface area contributed by atoms with Crippen molar-refractivity contribution in [2.24, 2.45) is 11.8 Å². The Labute approximate surface area is 170 Å². The van der Waals surface area contributed by atoms with Crippen molar-refractivity contribution in [3.63, 3.8) is 0 Å². The van der Waals surface area contributed by atoms with Crippen LogP contribution in [0.25, 0.3) is 11.1 Å². The molecule has 7 heteroatoms. The molecule has 6 nitrogen and oxygen atoms in total. The average Bonchev–Trinajstić information content (AvgIpc) is 2.96. The lowest BCUT2D eigenvalue weighted by Crippen LogP contribution is -2.48. The predicted octanol–water partition coefficient (Wildman–Crippen LogP) is 3.39. The molecule has 1 amide bonds. The topological polar surface area (TPSA) is 58.7 Å². The molecule has 0 bridgehead atoms. The Balaban J connectivity index is 1.39. The maximum absolute atomic E-state index is 12.7. The second kappa shape index (κ2) is 7.91. The van der Waals surface area contributed by atoms with Gasteiger partial charge in [0, 0.05) is 37.2 Å². The van der Waals surface area contributed by atoms with Crippen LogP contribution in [-0.2, 0) is 4.79 Å². The summed E-state index contributed by atoms with van der Waals surface area (Å²) in [4.78, 5) is 29.3. The van der Waals surface area contributed by atoms with Gasteiger partial charge in [-0.1, -0.05) is 25.4 Å². The maximum atomic E-state index is 12.7. The van der Waals surface area contributed by atoms with Gasteiger partial charge in [0.05, 0.1) is 12.1 Å². The first kappa shape index (κ1) is 19.5. The van der Waals surface area contributed by atoms with E-state index < -0.39 is 0 Å². The summed E-state index contributed by atoms with van der Waals surface area (Å²) in [6, 6.07) is 5.34. The van der Waals surface area contributed by atoms with Crippen LogP contribution in [0.1, 0.15) is 39.2 Å². The number of oxazole rings is 1. The number of aromatic nitrogens is 1. The molecule has 0 radical (unpaired) electrons. The zero-order chi connectivity index (χ0) is 19.8. The summed E-state index contributed by atoms with van der Waals surface area (Å²) in [5, 5.41) is 0.593. The number of hydrogen-bond donors (Lipinski definition) is 0. The van der Waals surface area contributed by atoms with Crippen LogP contribution in [0.5, 0.6) is 0 Å². The smallest absolute Gasteiger partial charge is 0.408 e. The number of carbonyl (C=O) groups is 1. The molecule has 2 aliphatic heterocycles. The highest BCUT2D eigenvalue weighted by Gasteiger charge is 2.29. The Morgan fingerprint density at radius 1 is 1.18 bits per heavy atom. The highest BCUT2D eigenvalue weighted by molar-refractivity contribution is 6.31.